The quantitative estimate of drug-likeness (QED) is 0.768. The fourth-order valence-electron chi connectivity index (χ4n) is 3.09. The summed E-state index contributed by atoms with van der Waals surface area (Å²) in [6.07, 6.45) is 0. The lowest BCUT2D eigenvalue weighted by Gasteiger charge is -2.26. The van der Waals surface area contributed by atoms with Crippen LogP contribution in [0.25, 0.3) is 10.9 Å². The molecule has 6 nitrogen and oxygen atoms in total. The highest BCUT2D eigenvalue weighted by atomic mass is 16.5. The number of morpholine rings is 1. The molecular weight excluding hydrogens is 316 g/mol. The van der Waals surface area contributed by atoms with Gasteiger partial charge in [-0.25, -0.2) is 0 Å². The van der Waals surface area contributed by atoms with Crippen molar-refractivity contribution in [1.29, 1.82) is 0 Å². The molecule has 6 heteroatoms. The first-order valence-electron chi connectivity index (χ1n) is 8.43. The van der Waals surface area contributed by atoms with Gasteiger partial charge in [0.2, 0.25) is 0 Å². The zero-order valence-electron chi connectivity index (χ0n) is 13.9. The Morgan fingerprint density at radius 3 is 2.88 bits per heavy atom. The number of anilines is 1. The molecule has 0 saturated carbocycles. The predicted octanol–water partition coefficient (Wildman–Crippen LogP) is 2.65. The molecule has 0 spiro atoms. The second kappa shape index (κ2) is 7.04. The zero-order chi connectivity index (χ0) is 17.1. The Balaban J connectivity index is 1.48. The van der Waals surface area contributed by atoms with Gasteiger partial charge in [0.25, 0.3) is 5.91 Å². The van der Waals surface area contributed by atoms with Gasteiger partial charge in [0, 0.05) is 30.7 Å². The minimum Gasteiger partial charge on any atom is -0.379 e. The highest BCUT2D eigenvalue weighted by Crippen LogP contribution is 2.18. The number of H-pyrrole nitrogens is 1. The molecule has 4 rings (SSSR count). The monoisotopic (exact) mass is 336 g/mol. The molecule has 1 aromatic heterocycles. The summed E-state index contributed by atoms with van der Waals surface area (Å²) in [4.78, 5) is 14.9. The molecule has 0 aliphatic carbocycles. The first kappa shape index (κ1) is 15.8. The van der Waals surface area contributed by atoms with E-state index in [1.165, 1.54) is 5.56 Å². The van der Waals surface area contributed by atoms with Gasteiger partial charge in [-0.3, -0.25) is 14.8 Å². The minimum atomic E-state index is -0.207. The Kier molecular flexibility index (Phi) is 4.45. The molecule has 2 heterocycles. The number of ether oxygens (including phenoxy) is 1. The van der Waals surface area contributed by atoms with Gasteiger partial charge in [-0.05, 0) is 23.8 Å². The van der Waals surface area contributed by atoms with Crippen molar-refractivity contribution in [2.24, 2.45) is 0 Å². The van der Waals surface area contributed by atoms with E-state index in [2.05, 4.69) is 26.5 Å². The Bertz CT molecular complexity index is 884. The summed E-state index contributed by atoms with van der Waals surface area (Å²) in [7, 11) is 0. The van der Waals surface area contributed by atoms with Crippen molar-refractivity contribution in [3.8, 4) is 0 Å². The van der Waals surface area contributed by atoms with Gasteiger partial charge in [0.1, 0.15) is 0 Å². The molecule has 3 aromatic rings. The van der Waals surface area contributed by atoms with Crippen LogP contribution in [0.5, 0.6) is 0 Å². The summed E-state index contributed by atoms with van der Waals surface area (Å²) in [5.74, 6) is -0.207. The van der Waals surface area contributed by atoms with Crippen molar-refractivity contribution in [3.63, 3.8) is 0 Å². The molecular formula is C19H20N4O2. The number of carbonyl (C=O) groups is 1. The van der Waals surface area contributed by atoms with Crippen LogP contribution in [-0.2, 0) is 11.3 Å². The Morgan fingerprint density at radius 1 is 1.16 bits per heavy atom. The van der Waals surface area contributed by atoms with E-state index in [0.29, 0.717) is 5.69 Å². The van der Waals surface area contributed by atoms with Crippen LogP contribution in [0.4, 0.5) is 5.69 Å². The minimum absolute atomic E-state index is 0.207. The third-order valence-corrected chi connectivity index (χ3v) is 4.38. The topological polar surface area (TPSA) is 70.2 Å². The maximum absolute atomic E-state index is 12.6. The van der Waals surface area contributed by atoms with E-state index in [4.69, 9.17) is 4.74 Å². The second-order valence-electron chi connectivity index (χ2n) is 6.16. The van der Waals surface area contributed by atoms with Crippen LogP contribution in [0, 0.1) is 0 Å². The molecule has 0 atom stereocenters. The van der Waals surface area contributed by atoms with Crippen molar-refractivity contribution in [1.82, 2.24) is 15.1 Å². The summed E-state index contributed by atoms with van der Waals surface area (Å²) in [5.41, 5.74) is 3.22. The number of aromatic amines is 1. The molecule has 1 amide bonds. The molecule has 1 aliphatic rings. The maximum Gasteiger partial charge on any atom is 0.276 e. The molecule has 128 valence electrons. The molecule has 1 fully saturated rings. The number of fused-ring (bicyclic) bond motifs is 1. The number of nitrogens with one attached hydrogen (secondary N) is 2. The Labute approximate surface area is 145 Å². The summed E-state index contributed by atoms with van der Waals surface area (Å²) >= 11 is 0. The number of hydrogen-bond donors (Lipinski definition) is 2. The second-order valence-corrected chi connectivity index (χ2v) is 6.16. The number of amides is 1. The highest BCUT2D eigenvalue weighted by molar-refractivity contribution is 6.11. The van der Waals surface area contributed by atoms with E-state index in [9.17, 15) is 4.79 Å². The van der Waals surface area contributed by atoms with Crippen LogP contribution in [0.2, 0.25) is 0 Å². The van der Waals surface area contributed by atoms with Gasteiger partial charge < -0.3 is 10.1 Å². The lowest BCUT2D eigenvalue weighted by atomic mass is 10.1. The van der Waals surface area contributed by atoms with Gasteiger partial charge in [-0.15, -0.1) is 0 Å². The van der Waals surface area contributed by atoms with Crippen LogP contribution >= 0.6 is 0 Å². The Hall–Kier alpha value is -2.70. The number of nitrogens with zero attached hydrogens (tertiary/aromatic N) is 2. The van der Waals surface area contributed by atoms with Crippen LogP contribution in [-0.4, -0.2) is 47.3 Å². The van der Waals surface area contributed by atoms with E-state index in [1.807, 2.05) is 42.5 Å². The lowest BCUT2D eigenvalue weighted by molar-refractivity contribution is 0.0342. The van der Waals surface area contributed by atoms with Gasteiger partial charge >= 0.3 is 0 Å². The van der Waals surface area contributed by atoms with Crippen molar-refractivity contribution < 1.29 is 9.53 Å². The number of para-hydroxylation sites is 1. The average Bonchev–Trinajstić information content (AvgIpc) is 3.07. The number of hydrogen-bond acceptors (Lipinski definition) is 4. The van der Waals surface area contributed by atoms with E-state index < -0.39 is 0 Å². The third kappa shape index (κ3) is 3.55. The molecule has 2 aromatic carbocycles. The molecule has 0 radical (unpaired) electrons. The smallest absolute Gasteiger partial charge is 0.276 e. The molecule has 25 heavy (non-hydrogen) atoms. The predicted molar refractivity (Wildman–Crippen MR) is 96.6 cm³/mol. The normalized spacial score (nSPS) is 15.4. The maximum atomic E-state index is 12.6. The van der Waals surface area contributed by atoms with E-state index in [-0.39, 0.29) is 5.91 Å². The zero-order valence-corrected chi connectivity index (χ0v) is 13.9. The van der Waals surface area contributed by atoms with Crippen LogP contribution in [0.15, 0.2) is 48.5 Å². The highest BCUT2D eigenvalue weighted by Gasteiger charge is 2.15. The first-order valence-corrected chi connectivity index (χ1v) is 8.43. The van der Waals surface area contributed by atoms with Crippen LogP contribution in [0.1, 0.15) is 16.1 Å². The summed E-state index contributed by atoms with van der Waals surface area (Å²) < 4.78 is 5.38. The SMILES string of the molecule is O=C(Nc1cccc(CN2CCOCC2)c1)c1n[nH]c2ccccc12. The van der Waals surface area contributed by atoms with Gasteiger partial charge in [0.05, 0.1) is 18.7 Å². The summed E-state index contributed by atoms with van der Waals surface area (Å²) in [5, 5.41) is 10.8. The summed E-state index contributed by atoms with van der Waals surface area (Å²) in [6.45, 7) is 4.30. The van der Waals surface area contributed by atoms with E-state index >= 15 is 0 Å². The standard InChI is InChI=1S/C19H20N4O2/c24-19(18-16-6-1-2-7-17(16)21-22-18)20-15-5-3-4-14(12-15)13-23-8-10-25-11-9-23/h1-7,12H,8-11,13H2,(H,20,24)(H,21,22). The fraction of sp³-hybridized carbons (Fsp3) is 0.263. The van der Waals surface area contributed by atoms with Gasteiger partial charge in [-0.1, -0.05) is 30.3 Å². The molecule has 0 unspecified atom stereocenters. The summed E-state index contributed by atoms with van der Waals surface area (Å²) in [6, 6.07) is 15.6. The number of aromatic nitrogens is 2. The van der Waals surface area contributed by atoms with Crippen LogP contribution < -0.4 is 5.32 Å². The third-order valence-electron chi connectivity index (χ3n) is 4.38. The van der Waals surface area contributed by atoms with E-state index in [0.717, 1.165) is 49.4 Å². The Morgan fingerprint density at radius 2 is 2.00 bits per heavy atom. The lowest BCUT2D eigenvalue weighted by Crippen LogP contribution is -2.35. The molecule has 1 saturated heterocycles. The first-order chi connectivity index (χ1) is 12.3. The van der Waals surface area contributed by atoms with Gasteiger partial charge in [-0.2, -0.15) is 5.10 Å². The number of benzene rings is 2. The average molecular weight is 336 g/mol. The molecule has 0 bridgehead atoms. The number of rotatable bonds is 4. The van der Waals surface area contributed by atoms with Crippen molar-refractivity contribution >= 4 is 22.5 Å². The van der Waals surface area contributed by atoms with Crippen LogP contribution in [0.3, 0.4) is 0 Å². The number of carbonyl (C=O) groups excluding carboxylic acids is 1. The van der Waals surface area contributed by atoms with E-state index in [1.54, 1.807) is 0 Å². The molecule has 1 aliphatic heterocycles. The largest absolute Gasteiger partial charge is 0.379 e. The van der Waals surface area contributed by atoms with Crippen molar-refractivity contribution in [3.05, 3.63) is 59.8 Å². The van der Waals surface area contributed by atoms with Crippen molar-refractivity contribution in [2.45, 2.75) is 6.54 Å². The molecule has 2 N–H and O–H groups in total. The van der Waals surface area contributed by atoms with Gasteiger partial charge in [0.15, 0.2) is 5.69 Å². The van der Waals surface area contributed by atoms with Crippen molar-refractivity contribution in [2.75, 3.05) is 31.6 Å². The fourth-order valence-corrected chi connectivity index (χ4v) is 3.09.